The number of ether oxygens (including phenoxy) is 1. The van der Waals surface area contributed by atoms with Gasteiger partial charge in [-0.05, 0) is 46.0 Å². The Bertz CT molecular complexity index is 486. The molecule has 0 heterocycles. The topological polar surface area (TPSA) is 76.4 Å². The summed E-state index contributed by atoms with van der Waals surface area (Å²) in [6.07, 6.45) is 0.264. The van der Waals surface area contributed by atoms with Gasteiger partial charge in [-0.25, -0.2) is 0 Å². The molecule has 5 nitrogen and oxygen atoms in total. The van der Waals surface area contributed by atoms with Crippen molar-refractivity contribution in [3.05, 3.63) is 23.2 Å². The van der Waals surface area contributed by atoms with Gasteiger partial charge in [0, 0.05) is 18.3 Å². The van der Waals surface area contributed by atoms with Crippen LogP contribution in [0.2, 0.25) is 5.02 Å². The SMILES string of the molecule is CNC[C@H](CC(=O)OC(C)(C)C)Nc1ccc(N)c(Cl)c1. The zero-order valence-electron chi connectivity index (χ0n) is 13.0. The Hall–Kier alpha value is -1.46. The predicted octanol–water partition coefficient (Wildman–Crippen LogP) is 2.65. The maximum absolute atomic E-state index is 11.9. The van der Waals surface area contributed by atoms with E-state index in [2.05, 4.69) is 10.6 Å². The first-order valence-electron chi connectivity index (χ1n) is 6.89. The largest absolute Gasteiger partial charge is 0.460 e. The van der Waals surface area contributed by atoms with Gasteiger partial charge in [-0.2, -0.15) is 0 Å². The molecule has 0 unspecified atom stereocenters. The van der Waals surface area contributed by atoms with Gasteiger partial charge >= 0.3 is 5.97 Å². The minimum absolute atomic E-state index is 0.0930. The number of anilines is 2. The Morgan fingerprint density at radius 3 is 2.62 bits per heavy atom. The molecule has 0 aliphatic rings. The third-order valence-electron chi connectivity index (χ3n) is 2.65. The molecule has 1 atom stereocenters. The van der Waals surface area contributed by atoms with Gasteiger partial charge < -0.3 is 21.1 Å². The van der Waals surface area contributed by atoms with Gasteiger partial charge in [0.2, 0.25) is 0 Å². The fourth-order valence-corrected chi connectivity index (χ4v) is 2.04. The van der Waals surface area contributed by atoms with E-state index in [1.165, 1.54) is 0 Å². The molecule has 0 radical (unpaired) electrons. The van der Waals surface area contributed by atoms with E-state index >= 15 is 0 Å². The molecule has 4 N–H and O–H groups in total. The molecule has 0 saturated carbocycles. The summed E-state index contributed by atoms with van der Waals surface area (Å²) in [5.74, 6) is -0.239. The van der Waals surface area contributed by atoms with E-state index < -0.39 is 5.60 Å². The van der Waals surface area contributed by atoms with Crippen molar-refractivity contribution in [3.8, 4) is 0 Å². The molecule has 1 aromatic carbocycles. The first-order chi connectivity index (χ1) is 9.71. The number of carbonyl (C=O) groups is 1. The van der Waals surface area contributed by atoms with Crippen LogP contribution in [0.25, 0.3) is 0 Å². The molecule has 0 aromatic heterocycles. The number of carbonyl (C=O) groups excluding carboxylic acids is 1. The van der Waals surface area contributed by atoms with Gasteiger partial charge in [-0.15, -0.1) is 0 Å². The highest BCUT2D eigenvalue weighted by atomic mass is 35.5. The van der Waals surface area contributed by atoms with Gasteiger partial charge in [-0.1, -0.05) is 11.6 Å². The fraction of sp³-hybridized carbons (Fsp3) is 0.533. The second-order valence-corrected chi connectivity index (χ2v) is 6.33. The minimum atomic E-state index is -0.480. The van der Waals surface area contributed by atoms with Crippen LogP contribution < -0.4 is 16.4 Å². The van der Waals surface area contributed by atoms with Crippen molar-refractivity contribution in [1.82, 2.24) is 5.32 Å². The summed E-state index contributed by atoms with van der Waals surface area (Å²) in [7, 11) is 1.83. The van der Waals surface area contributed by atoms with Crippen molar-refractivity contribution in [1.29, 1.82) is 0 Å². The van der Waals surface area contributed by atoms with Crippen molar-refractivity contribution >= 4 is 28.9 Å². The standard InChI is InChI=1S/C15H24ClN3O2/c1-15(2,3)21-14(20)8-11(9-18-4)19-10-5-6-13(17)12(16)7-10/h5-7,11,18-19H,8-9,17H2,1-4H3/t11-/m0/s1. The molecule has 1 aromatic rings. The molecule has 118 valence electrons. The van der Waals surface area contributed by atoms with Crippen molar-refractivity contribution in [2.75, 3.05) is 24.6 Å². The van der Waals surface area contributed by atoms with E-state index in [0.29, 0.717) is 17.3 Å². The van der Waals surface area contributed by atoms with E-state index in [1.54, 1.807) is 12.1 Å². The van der Waals surface area contributed by atoms with Crippen LogP contribution >= 0.6 is 11.6 Å². The molecule has 0 amide bonds. The van der Waals surface area contributed by atoms with Crippen molar-refractivity contribution < 1.29 is 9.53 Å². The van der Waals surface area contributed by atoms with E-state index in [1.807, 2.05) is 33.9 Å². The van der Waals surface area contributed by atoms with E-state index in [-0.39, 0.29) is 18.4 Å². The molecule has 0 saturated heterocycles. The third kappa shape index (κ3) is 6.69. The lowest BCUT2D eigenvalue weighted by atomic mass is 10.1. The molecule has 0 aliphatic carbocycles. The highest BCUT2D eigenvalue weighted by Crippen LogP contribution is 2.23. The number of nitrogen functional groups attached to an aromatic ring is 1. The number of nitrogens with one attached hydrogen (secondary N) is 2. The summed E-state index contributed by atoms with van der Waals surface area (Å²) in [5, 5.41) is 6.80. The number of rotatable bonds is 6. The number of benzene rings is 1. The number of halogens is 1. The summed E-state index contributed by atoms with van der Waals surface area (Å²) < 4.78 is 5.34. The zero-order chi connectivity index (χ0) is 16.0. The first kappa shape index (κ1) is 17.6. The van der Waals surface area contributed by atoms with Crippen LogP contribution in [0, 0.1) is 0 Å². The second kappa shape index (κ2) is 7.52. The summed E-state index contributed by atoms with van der Waals surface area (Å²) in [6, 6.07) is 5.21. The van der Waals surface area contributed by atoms with Gasteiger partial charge in [0.25, 0.3) is 0 Å². The van der Waals surface area contributed by atoms with Crippen molar-refractivity contribution in [2.24, 2.45) is 0 Å². The quantitative estimate of drug-likeness (QED) is 0.556. The third-order valence-corrected chi connectivity index (χ3v) is 2.98. The molecule has 0 fully saturated rings. The Labute approximate surface area is 131 Å². The Morgan fingerprint density at radius 1 is 1.43 bits per heavy atom. The normalized spacial score (nSPS) is 12.8. The maximum atomic E-state index is 11.9. The monoisotopic (exact) mass is 313 g/mol. The van der Waals surface area contributed by atoms with Crippen LogP contribution in [0.15, 0.2) is 18.2 Å². The molecule has 0 spiro atoms. The average Bonchev–Trinajstić information content (AvgIpc) is 2.31. The molecule has 0 aliphatic heterocycles. The van der Waals surface area contributed by atoms with Crippen molar-refractivity contribution in [3.63, 3.8) is 0 Å². The summed E-state index contributed by atoms with van der Waals surface area (Å²) >= 11 is 5.99. The predicted molar refractivity (Wildman–Crippen MR) is 87.7 cm³/mol. The van der Waals surface area contributed by atoms with Gasteiger partial charge in [0.05, 0.1) is 17.1 Å². The molecule has 21 heavy (non-hydrogen) atoms. The van der Waals surface area contributed by atoms with Crippen LogP contribution in [0.5, 0.6) is 0 Å². The van der Waals surface area contributed by atoms with E-state index in [9.17, 15) is 4.79 Å². The van der Waals surface area contributed by atoms with Crippen LogP contribution in [0.3, 0.4) is 0 Å². The lowest BCUT2D eigenvalue weighted by molar-refractivity contribution is -0.155. The van der Waals surface area contributed by atoms with E-state index in [4.69, 9.17) is 22.1 Å². The number of likely N-dealkylation sites (N-methyl/N-ethyl adjacent to an activating group) is 1. The van der Waals surface area contributed by atoms with Crippen molar-refractivity contribution in [2.45, 2.75) is 38.8 Å². The molecular weight excluding hydrogens is 290 g/mol. The lowest BCUT2D eigenvalue weighted by Crippen LogP contribution is -2.35. The number of esters is 1. The number of nitrogens with two attached hydrogens (primary N) is 1. The number of hydrogen-bond acceptors (Lipinski definition) is 5. The second-order valence-electron chi connectivity index (χ2n) is 5.93. The Morgan fingerprint density at radius 2 is 2.10 bits per heavy atom. The minimum Gasteiger partial charge on any atom is -0.460 e. The van der Waals surface area contributed by atoms with Gasteiger partial charge in [-0.3, -0.25) is 4.79 Å². The van der Waals surface area contributed by atoms with Crippen LogP contribution in [0.1, 0.15) is 27.2 Å². The lowest BCUT2D eigenvalue weighted by Gasteiger charge is -2.23. The maximum Gasteiger partial charge on any atom is 0.308 e. The fourth-order valence-electron chi connectivity index (χ4n) is 1.86. The molecular formula is C15H24ClN3O2. The van der Waals surface area contributed by atoms with E-state index in [0.717, 1.165) is 5.69 Å². The van der Waals surface area contributed by atoms with Crippen LogP contribution in [-0.2, 0) is 9.53 Å². The Balaban J connectivity index is 2.68. The molecule has 0 bridgehead atoms. The smallest absolute Gasteiger partial charge is 0.308 e. The zero-order valence-corrected chi connectivity index (χ0v) is 13.8. The molecule has 6 heteroatoms. The summed E-state index contributed by atoms with van der Waals surface area (Å²) in [4.78, 5) is 11.9. The van der Waals surface area contributed by atoms with Crippen LogP contribution in [0.4, 0.5) is 11.4 Å². The first-order valence-corrected chi connectivity index (χ1v) is 7.27. The van der Waals surface area contributed by atoms with Crippen LogP contribution in [-0.4, -0.2) is 31.2 Å². The highest BCUT2D eigenvalue weighted by molar-refractivity contribution is 6.33. The number of hydrogen-bond donors (Lipinski definition) is 3. The average molecular weight is 314 g/mol. The van der Waals surface area contributed by atoms with Gasteiger partial charge in [0.1, 0.15) is 5.60 Å². The highest BCUT2D eigenvalue weighted by Gasteiger charge is 2.20. The summed E-state index contributed by atoms with van der Waals surface area (Å²) in [6.45, 7) is 6.18. The summed E-state index contributed by atoms with van der Waals surface area (Å²) in [5.41, 5.74) is 6.55. The molecule has 1 rings (SSSR count). The Kier molecular flexibility index (Phi) is 6.30. The van der Waals surface area contributed by atoms with Gasteiger partial charge in [0.15, 0.2) is 0 Å².